The van der Waals surface area contributed by atoms with E-state index in [4.69, 9.17) is 5.73 Å². The van der Waals surface area contributed by atoms with Crippen LogP contribution in [0.15, 0.2) is 34.0 Å². The van der Waals surface area contributed by atoms with Crippen molar-refractivity contribution in [1.82, 2.24) is 35.6 Å². The van der Waals surface area contributed by atoms with Crippen LogP contribution in [0.1, 0.15) is 41.5 Å². The van der Waals surface area contributed by atoms with Gasteiger partial charge in [0.15, 0.2) is 5.69 Å². The molecule has 12 nitrogen and oxygen atoms in total. The van der Waals surface area contributed by atoms with Gasteiger partial charge < -0.3 is 10.8 Å². The first-order valence-electron chi connectivity index (χ1n) is 9.89. The minimum absolute atomic E-state index is 0.0484. The molecule has 1 saturated heterocycles. The van der Waals surface area contributed by atoms with Gasteiger partial charge in [-0.05, 0) is 59.9 Å². The molecule has 3 heterocycles. The molecule has 0 saturated carbocycles. The van der Waals surface area contributed by atoms with E-state index in [9.17, 15) is 9.90 Å². The Morgan fingerprint density at radius 1 is 1.39 bits per heavy atom. The number of nitrogens with two attached hydrogens (primary N) is 1. The number of piperidine rings is 1. The first kappa shape index (κ1) is 20.5. The number of nitrogens with zero attached hydrogens (tertiary/aromatic N) is 7. The zero-order valence-electron chi connectivity index (χ0n) is 17.0. The Bertz CT molecular complexity index is 1080. The molecule has 0 aliphatic carbocycles. The molecule has 31 heavy (non-hydrogen) atoms. The highest BCUT2D eigenvalue weighted by atomic mass is 16.6. The summed E-state index contributed by atoms with van der Waals surface area (Å²) in [4.78, 5) is 15.0. The number of phenols is 1. The molecule has 1 fully saturated rings. The third kappa shape index (κ3) is 4.69. The molecule has 0 bridgehead atoms. The molecule has 4 rings (SSSR count). The number of amides is 1. The average molecular weight is 425 g/mol. The van der Waals surface area contributed by atoms with E-state index >= 15 is 0 Å². The Kier molecular flexibility index (Phi) is 5.89. The van der Waals surface area contributed by atoms with Crippen LogP contribution in [0.4, 0.5) is 5.82 Å². The van der Waals surface area contributed by atoms with Crippen LogP contribution >= 0.6 is 0 Å². The standard InChI is InChI=1S/C19H23N9O3/c1-12-5-7-27(8-6-12)11-15-16(22-26-28(15)18-17(20)24-31-25-18)19(30)23-21-10-13-3-2-4-14(29)9-13/h2-4,9-10,12,29H,5-8,11H2,1H3,(H2,20,24)(H,23,30)/b21-10+. The topological polar surface area (TPSA) is 161 Å². The second kappa shape index (κ2) is 8.92. The van der Waals surface area contributed by atoms with E-state index in [1.54, 1.807) is 18.2 Å². The summed E-state index contributed by atoms with van der Waals surface area (Å²) in [5.41, 5.74) is 9.52. The van der Waals surface area contributed by atoms with E-state index in [1.807, 2.05) is 0 Å². The third-order valence-electron chi connectivity index (χ3n) is 5.17. The van der Waals surface area contributed by atoms with E-state index < -0.39 is 5.91 Å². The van der Waals surface area contributed by atoms with Crippen LogP contribution < -0.4 is 11.2 Å². The van der Waals surface area contributed by atoms with Gasteiger partial charge in [0.1, 0.15) is 5.75 Å². The number of hydrazone groups is 1. The zero-order chi connectivity index (χ0) is 21.8. The van der Waals surface area contributed by atoms with Crippen molar-refractivity contribution in [1.29, 1.82) is 0 Å². The lowest BCUT2D eigenvalue weighted by Crippen LogP contribution is -2.34. The predicted octanol–water partition coefficient (Wildman–Crippen LogP) is 0.934. The summed E-state index contributed by atoms with van der Waals surface area (Å²) in [5.74, 6) is 0.472. The molecule has 1 aliphatic heterocycles. The number of carbonyl (C=O) groups is 1. The number of nitrogens with one attached hydrogen (secondary N) is 1. The fourth-order valence-corrected chi connectivity index (χ4v) is 3.38. The Morgan fingerprint density at radius 2 is 2.19 bits per heavy atom. The van der Waals surface area contributed by atoms with Gasteiger partial charge in [-0.1, -0.05) is 24.3 Å². The monoisotopic (exact) mass is 425 g/mol. The number of hydrogen-bond acceptors (Lipinski definition) is 10. The van der Waals surface area contributed by atoms with Crippen LogP contribution in [0.5, 0.6) is 5.75 Å². The molecule has 0 radical (unpaired) electrons. The summed E-state index contributed by atoms with van der Waals surface area (Å²) >= 11 is 0. The number of anilines is 1. The van der Waals surface area contributed by atoms with Gasteiger partial charge in [-0.3, -0.25) is 9.69 Å². The number of hydrogen-bond donors (Lipinski definition) is 3. The summed E-state index contributed by atoms with van der Waals surface area (Å²) in [5, 5.41) is 28.9. The lowest BCUT2D eigenvalue weighted by atomic mass is 9.99. The van der Waals surface area contributed by atoms with Crippen LogP contribution in [0, 0.1) is 5.92 Å². The minimum Gasteiger partial charge on any atom is -0.508 e. The van der Waals surface area contributed by atoms with E-state index in [-0.39, 0.29) is 23.1 Å². The first-order valence-corrected chi connectivity index (χ1v) is 9.89. The number of benzene rings is 1. The van der Waals surface area contributed by atoms with Crippen molar-refractivity contribution in [3.05, 3.63) is 41.2 Å². The normalized spacial score (nSPS) is 15.5. The fourth-order valence-electron chi connectivity index (χ4n) is 3.38. The van der Waals surface area contributed by atoms with Crippen LogP contribution in [0.2, 0.25) is 0 Å². The molecule has 162 valence electrons. The Morgan fingerprint density at radius 3 is 2.90 bits per heavy atom. The van der Waals surface area contributed by atoms with Gasteiger partial charge in [0.25, 0.3) is 5.91 Å². The van der Waals surface area contributed by atoms with E-state index in [0.717, 1.165) is 25.9 Å². The highest BCUT2D eigenvalue weighted by Gasteiger charge is 2.26. The number of rotatable bonds is 6. The molecule has 1 aromatic carbocycles. The number of phenolic OH excluding ortho intramolecular Hbond substituents is 1. The second-order valence-corrected chi connectivity index (χ2v) is 7.52. The smallest absolute Gasteiger partial charge is 0.293 e. The van der Waals surface area contributed by atoms with Crippen LogP contribution in [-0.4, -0.2) is 60.5 Å². The third-order valence-corrected chi connectivity index (χ3v) is 5.17. The van der Waals surface area contributed by atoms with Crippen molar-refractivity contribution in [3.8, 4) is 11.6 Å². The van der Waals surface area contributed by atoms with Crippen molar-refractivity contribution >= 4 is 17.9 Å². The Labute approximate surface area is 177 Å². The number of carbonyl (C=O) groups excluding carboxylic acids is 1. The first-order chi connectivity index (χ1) is 15.0. The molecule has 1 aliphatic rings. The summed E-state index contributed by atoms with van der Waals surface area (Å²) < 4.78 is 6.05. The van der Waals surface area contributed by atoms with Gasteiger partial charge in [-0.15, -0.1) is 5.10 Å². The quantitative estimate of drug-likeness (QED) is 0.385. The highest BCUT2D eigenvalue weighted by molar-refractivity contribution is 5.94. The van der Waals surface area contributed by atoms with E-state index in [2.05, 4.69) is 47.6 Å². The maximum Gasteiger partial charge on any atom is 0.293 e. The number of aromatic nitrogens is 5. The molecule has 0 spiro atoms. The Balaban J connectivity index is 1.56. The van der Waals surface area contributed by atoms with Gasteiger partial charge in [0.2, 0.25) is 11.6 Å². The molecule has 3 aromatic rings. The van der Waals surface area contributed by atoms with Crippen LogP contribution in [-0.2, 0) is 6.54 Å². The molecule has 12 heteroatoms. The van der Waals surface area contributed by atoms with Crippen molar-refractivity contribution in [2.24, 2.45) is 11.0 Å². The van der Waals surface area contributed by atoms with Gasteiger partial charge in [-0.2, -0.15) is 9.78 Å². The van der Waals surface area contributed by atoms with Crippen molar-refractivity contribution in [2.75, 3.05) is 18.8 Å². The summed E-state index contributed by atoms with van der Waals surface area (Å²) in [6.07, 6.45) is 3.57. The van der Waals surface area contributed by atoms with Crippen molar-refractivity contribution in [2.45, 2.75) is 26.3 Å². The molecular weight excluding hydrogens is 402 g/mol. The predicted molar refractivity (Wildman–Crippen MR) is 110 cm³/mol. The number of aromatic hydroxyl groups is 1. The Hall–Kier alpha value is -3.80. The molecular formula is C19H23N9O3. The summed E-state index contributed by atoms with van der Waals surface area (Å²) in [6, 6.07) is 6.49. The lowest BCUT2D eigenvalue weighted by Gasteiger charge is -2.30. The van der Waals surface area contributed by atoms with Gasteiger partial charge in [-0.25, -0.2) is 10.1 Å². The maximum absolute atomic E-state index is 12.8. The fraction of sp³-hybridized carbons (Fsp3) is 0.368. The maximum atomic E-state index is 12.8. The molecule has 2 aromatic heterocycles. The minimum atomic E-state index is -0.530. The molecule has 4 N–H and O–H groups in total. The summed E-state index contributed by atoms with van der Waals surface area (Å²) in [7, 11) is 0. The van der Waals surface area contributed by atoms with Crippen LogP contribution in [0.3, 0.4) is 0 Å². The largest absolute Gasteiger partial charge is 0.508 e. The van der Waals surface area contributed by atoms with Gasteiger partial charge in [0, 0.05) is 6.54 Å². The van der Waals surface area contributed by atoms with Gasteiger partial charge >= 0.3 is 0 Å². The molecule has 0 unspecified atom stereocenters. The van der Waals surface area contributed by atoms with Crippen molar-refractivity contribution in [3.63, 3.8) is 0 Å². The van der Waals surface area contributed by atoms with E-state index in [0.29, 0.717) is 23.7 Å². The lowest BCUT2D eigenvalue weighted by molar-refractivity contribution is 0.0947. The average Bonchev–Trinajstić information content (AvgIpc) is 3.35. The van der Waals surface area contributed by atoms with Gasteiger partial charge in [0.05, 0.1) is 11.9 Å². The number of likely N-dealkylation sites (tertiary alicyclic amines) is 1. The molecule has 0 atom stereocenters. The van der Waals surface area contributed by atoms with Crippen LogP contribution in [0.25, 0.3) is 5.82 Å². The SMILES string of the molecule is CC1CCN(Cc2c(C(=O)N/N=C/c3cccc(O)c3)nnn2-c2nonc2N)CC1. The second-order valence-electron chi connectivity index (χ2n) is 7.52. The highest BCUT2D eigenvalue weighted by Crippen LogP contribution is 2.21. The zero-order valence-corrected chi connectivity index (χ0v) is 17.0. The molecule has 1 amide bonds. The summed E-state index contributed by atoms with van der Waals surface area (Å²) in [6.45, 7) is 4.46. The van der Waals surface area contributed by atoms with Crippen molar-refractivity contribution < 1.29 is 14.5 Å². The number of nitrogen functional groups attached to an aromatic ring is 1. The van der Waals surface area contributed by atoms with E-state index in [1.165, 1.54) is 17.0 Å².